The van der Waals surface area contributed by atoms with Crippen molar-refractivity contribution < 1.29 is 32.2 Å². The number of hydrogen-bond acceptors (Lipinski definition) is 7. The van der Waals surface area contributed by atoms with Crippen molar-refractivity contribution in [2.45, 2.75) is 82.2 Å². The molecule has 0 aromatic heterocycles. The van der Waals surface area contributed by atoms with Crippen LogP contribution in [-0.4, -0.2) is 51.5 Å². The molecular weight excluding hydrogens is 520 g/mol. The molecule has 2 aliphatic rings. The fraction of sp³-hybridized carbons (Fsp3) is 0.552. The van der Waals surface area contributed by atoms with Gasteiger partial charge >= 0.3 is 6.09 Å². The van der Waals surface area contributed by atoms with Crippen molar-refractivity contribution in [2.24, 2.45) is 5.14 Å². The number of amides is 1. The van der Waals surface area contributed by atoms with E-state index in [-0.39, 0.29) is 17.1 Å². The molecule has 2 aliphatic heterocycles. The number of carbonyl (C=O) groups excluding carboxylic acids is 1. The summed E-state index contributed by atoms with van der Waals surface area (Å²) in [6.45, 7) is 6.89. The average molecular weight is 561 g/mol. The van der Waals surface area contributed by atoms with E-state index in [1.54, 1.807) is 17.0 Å². The Balaban J connectivity index is 1.04. The average Bonchev–Trinajstić information content (AvgIpc) is 3.26. The highest BCUT2D eigenvalue weighted by atomic mass is 32.2. The molecule has 4 rings (SSSR count). The van der Waals surface area contributed by atoms with Gasteiger partial charge in [0.1, 0.15) is 11.9 Å². The summed E-state index contributed by atoms with van der Waals surface area (Å²) in [6.07, 6.45) is 6.06. The smallest absolute Gasteiger partial charge is 0.410 e. The summed E-state index contributed by atoms with van der Waals surface area (Å²) in [5.41, 5.74) is 2.91. The third-order valence-corrected chi connectivity index (χ3v) is 7.88. The molecule has 1 fully saturated rings. The van der Waals surface area contributed by atoms with Crippen LogP contribution in [0, 0.1) is 0 Å². The summed E-state index contributed by atoms with van der Waals surface area (Å²) in [7, 11) is -3.66. The molecular formula is C29H40N2O7S. The molecule has 1 atom stereocenters. The fourth-order valence-electron chi connectivity index (χ4n) is 4.80. The number of nitrogens with zero attached hydrogens (tertiary/aromatic N) is 1. The number of benzene rings is 2. The normalized spacial score (nSPS) is 18.5. The number of cyclic esters (lactones) is 1. The van der Waals surface area contributed by atoms with Crippen LogP contribution in [0.15, 0.2) is 47.4 Å². The first-order chi connectivity index (χ1) is 18.6. The maximum absolute atomic E-state index is 12.4. The van der Waals surface area contributed by atoms with Crippen molar-refractivity contribution in [3.05, 3.63) is 59.2 Å². The third-order valence-electron chi connectivity index (χ3n) is 6.97. The molecule has 0 spiro atoms. The molecule has 0 unspecified atom stereocenters. The van der Waals surface area contributed by atoms with Crippen molar-refractivity contribution in [1.29, 1.82) is 0 Å². The zero-order valence-electron chi connectivity index (χ0n) is 22.9. The zero-order chi connectivity index (χ0) is 27.9. The second-order valence-corrected chi connectivity index (χ2v) is 12.2. The van der Waals surface area contributed by atoms with Crippen LogP contribution < -0.4 is 9.88 Å². The Kier molecular flexibility index (Phi) is 9.87. The Bertz CT molecular complexity index is 1230. The molecule has 1 amide bonds. The first kappa shape index (κ1) is 29.3. The fourth-order valence-corrected chi connectivity index (χ4v) is 5.38. The van der Waals surface area contributed by atoms with E-state index in [9.17, 15) is 13.2 Å². The van der Waals surface area contributed by atoms with Gasteiger partial charge < -0.3 is 23.8 Å². The topological polar surface area (TPSA) is 117 Å². The number of fused-ring (bicyclic) bond motifs is 1. The highest BCUT2D eigenvalue weighted by molar-refractivity contribution is 7.89. The number of ether oxygens (including phenoxy) is 4. The molecule has 2 aromatic carbocycles. The molecule has 1 saturated heterocycles. The number of hydrogen-bond donors (Lipinski definition) is 1. The summed E-state index contributed by atoms with van der Waals surface area (Å²) in [5, 5.41) is 5.19. The van der Waals surface area contributed by atoms with Gasteiger partial charge in [-0.25, -0.2) is 18.4 Å². The summed E-state index contributed by atoms with van der Waals surface area (Å²) >= 11 is 0. The van der Waals surface area contributed by atoms with E-state index < -0.39 is 15.8 Å². The van der Waals surface area contributed by atoms with Crippen molar-refractivity contribution in [3.8, 4) is 5.75 Å². The van der Waals surface area contributed by atoms with Crippen molar-refractivity contribution in [3.63, 3.8) is 0 Å². The second-order valence-electron chi connectivity index (χ2n) is 10.7. The van der Waals surface area contributed by atoms with Crippen LogP contribution in [0.3, 0.4) is 0 Å². The van der Waals surface area contributed by atoms with Crippen molar-refractivity contribution in [1.82, 2.24) is 4.90 Å². The van der Waals surface area contributed by atoms with Crippen LogP contribution in [0.25, 0.3) is 0 Å². The van der Waals surface area contributed by atoms with Gasteiger partial charge in [-0.3, -0.25) is 0 Å². The molecule has 0 aliphatic carbocycles. The van der Waals surface area contributed by atoms with Crippen LogP contribution in [0.5, 0.6) is 5.75 Å². The SMILES string of the molecule is CC1(C)OCc2cc([C@@H]3CN(CCCCCOCCCCCc4cccc(S(N)(=O)=O)c4)C(=O)O3)ccc2O1. The quantitative estimate of drug-likeness (QED) is 0.321. The maximum atomic E-state index is 12.4. The van der Waals surface area contributed by atoms with Gasteiger partial charge in [-0.15, -0.1) is 0 Å². The number of rotatable bonds is 14. The Labute approximate surface area is 231 Å². The van der Waals surface area contributed by atoms with E-state index in [2.05, 4.69) is 0 Å². The Hall–Kier alpha value is -2.66. The minimum absolute atomic E-state index is 0.162. The van der Waals surface area contributed by atoms with Gasteiger partial charge in [0.2, 0.25) is 15.8 Å². The number of aryl methyl sites for hydroxylation is 1. The molecule has 214 valence electrons. The summed E-state index contributed by atoms with van der Waals surface area (Å²) in [5.74, 6) is 0.178. The van der Waals surface area contributed by atoms with Crippen LogP contribution >= 0.6 is 0 Å². The van der Waals surface area contributed by atoms with E-state index >= 15 is 0 Å². The number of nitrogens with two attached hydrogens (primary N) is 1. The van der Waals surface area contributed by atoms with Crippen molar-refractivity contribution in [2.75, 3.05) is 26.3 Å². The highest BCUT2D eigenvalue weighted by Gasteiger charge is 2.33. The maximum Gasteiger partial charge on any atom is 0.410 e. The Morgan fingerprint density at radius 2 is 1.79 bits per heavy atom. The summed E-state index contributed by atoms with van der Waals surface area (Å²) < 4.78 is 45.9. The Morgan fingerprint density at radius 3 is 2.56 bits per heavy atom. The van der Waals surface area contributed by atoms with Crippen LogP contribution in [0.4, 0.5) is 4.79 Å². The predicted octanol–water partition coefficient (Wildman–Crippen LogP) is 5.07. The molecule has 0 bridgehead atoms. The molecule has 0 radical (unpaired) electrons. The van der Waals surface area contributed by atoms with E-state index in [0.29, 0.717) is 32.9 Å². The van der Waals surface area contributed by atoms with E-state index in [4.69, 9.17) is 24.1 Å². The number of primary sulfonamides is 1. The van der Waals surface area contributed by atoms with Gasteiger partial charge in [-0.05, 0) is 73.9 Å². The van der Waals surface area contributed by atoms with Crippen LogP contribution in [0.2, 0.25) is 0 Å². The number of sulfonamides is 1. The van der Waals surface area contributed by atoms with E-state index in [1.165, 1.54) is 6.07 Å². The largest absolute Gasteiger partial charge is 0.463 e. The lowest BCUT2D eigenvalue weighted by Crippen LogP contribution is -2.35. The Morgan fingerprint density at radius 1 is 1.03 bits per heavy atom. The van der Waals surface area contributed by atoms with Crippen LogP contribution in [-0.2, 0) is 37.3 Å². The van der Waals surface area contributed by atoms with Crippen LogP contribution in [0.1, 0.15) is 75.2 Å². The minimum atomic E-state index is -3.66. The molecule has 2 N–H and O–H groups in total. The molecule has 2 heterocycles. The highest BCUT2D eigenvalue weighted by Crippen LogP contribution is 2.35. The monoisotopic (exact) mass is 560 g/mol. The van der Waals surface area contributed by atoms with E-state index in [1.807, 2.05) is 38.1 Å². The lowest BCUT2D eigenvalue weighted by atomic mass is 10.0. The molecule has 2 aromatic rings. The lowest BCUT2D eigenvalue weighted by Gasteiger charge is -2.32. The molecule has 10 heteroatoms. The third kappa shape index (κ3) is 8.66. The number of unbranched alkanes of at least 4 members (excludes halogenated alkanes) is 4. The minimum Gasteiger partial charge on any atom is -0.463 e. The first-order valence-electron chi connectivity index (χ1n) is 13.7. The van der Waals surface area contributed by atoms with Gasteiger partial charge in [0.05, 0.1) is 18.0 Å². The van der Waals surface area contributed by atoms with E-state index in [0.717, 1.165) is 67.4 Å². The molecule has 0 saturated carbocycles. The van der Waals surface area contributed by atoms with Gasteiger partial charge in [0, 0.05) is 39.2 Å². The molecule has 9 nitrogen and oxygen atoms in total. The summed E-state index contributed by atoms with van der Waals surface area (Å²) in [4.78, 5) is 14.3. The zero-order valence-corrected chi connectivity index (χ0v) is 23.7. The van der Waals surface area contributed by atoms with Crippen molar-refractivity contribution >= 4 is 16.1 Å². The van der Waals surface area contributed by atoms with Gasteiger partial charge in [0.15, 0.2) is 0 Å². The second kappa shape index (κ2) is 13.1. The molecule has 39 heavy (non-hydrogen) atoms. The summed E-state index contributed by atoms with van der Waals surface area (Å²) in [6, 6.07) is 12.7. The standard InChI is InChI=1S/C29H40N2O7S/c1-29(2)36-21-24-19-23(13-14-26(24)38-29)27-20-31(28(32)37-27)15-6-4-8-17-35-16-7-3-5-10-22-11-9-12-25(18-22)39(30,33)34/h9,11-14,18-19,27H,3-8,10,15-17,20-21H2,1-2H3,(H2,30,33,34)/t27-/m0/s1. The van der Waals surface area contributed by atoms with Gasteiger partial charge in [-0.1, -0.05) is 24.6 Å². The predicted molar refractivity (Wildman–Crippen MR) is 147 cm³/mol. The van der Waals surface area contributed by atoms with Gasteiger partial charge in [0.25, 0.3) is 0 Å². The number of carbonyl (C=O) groups is 1. The first-order valence-corrected chi connectivity index (χ1v) is 15.3. The van der Waals surface area contributed by atoms with Gasteiger partial charge in [-0.2, -0.15) is 0 Å². The lowest BCUT2D eigenvalue weighted by molar-refractivity contribution is -0.180.